The predicted molar refractivity (Wildman–Crippen MR) is 112 cm³/mol. The number of carbonyl (C=O) groups excluding carboxylic acids is 1. The molecular weight excluding hydrogens is 378 g/mol. The van der Waals surface area contributed by atoms with Gasteiger partial charge < -0.3 is 14.5 Å². The van der Waals surface area contributed by atoms with Crippen molar-refractivity contribution >= 4 is 6.09 Å². The highest BCUT2D eigenvalue weighted by atomic mass is 16.5. The summed E-state index contributed by atoms with van der Waals surface area (Å²) in [4.78, 5) is 12.4. The van der Waals surface area contributed by atoms with E-state index in [1.165, 1.54) is 0 Å². The maximum atomic E-state index is 12.4. The Morgan fingerprint density at radius 3 is 2.10 bits per heavy atom. The third kappa shape index (κ3) is 5.11. The lowest BCUT2D eigenvalue weighted by Gasteiger charge is -2.15. The van der Waals surface area contributed by atoms with E-state index >= 15 is 0 Å². The van der Waals surface area contributed by atoms with Crippen molar-refractivity contribution in [2.75, 3.05) is 0 Å². The van der Waals surface area contributed by atoms with Crippen LogP contribution in [0.25, 0.3) is 11.5 Å². The van der Waals surface area contributed by atoms with Gasteiger partial charge >= 0.3 is 6.09 Å². The normalized spacial score (nSPS) is 11.6. The minimum Gasteiger partial charge on any atom is -0.445 e. The van der Waals surface area contributed by atoms with Crippen molar-refractivity contribution in [2.45, 2.75) is 19.1 Å². The van der Waals surface area contributed by atoms with Gasteiger partial charge in [-0.1, -0.05) is 78.9 Å². The van der Waals surface area contributed by atoms with E-state index in [2.05, 4.69) is 15.5 Å². The molecule has 0 fully saturated rings. The standard InChI is InChI=1S/C24H21N3O3/c28-24(29-17-19-12-6-2-7-13-19)25-21(16-18-10-4-1-5-11-18)23-27-26-22(30-23)20-14-8-3-9-15-20/h1-15,21H,16-17H2,(H,25,28)/t21-/m0/s1. The zero-order valence-corrected chi connectivity index (χ0v) is 16.3. The molecule has 0 bridgehead atoms. The zero-order chi connectivity index (χ0) is 20.6. The van der Waals surface area contributed by atoms with Gasteiger partial charge in [-0.2, -0.15) is 0 Å². The first-order chi connectivity index (χ1) is 14.8. The molecule has 6 heteroatoms. The third-order valence-corrected chi connectivity index (χ3v) is 4.55. The van der Waals surface area contributed by atoms with E-state index in [9.17, 15) is 4.79 Å². The molecule has 0 radical (unpaired) electrons. The molecule has 1 atom stereocenters. The third-order valence-electron chi connectivity index (χ3n) is 4.55. The maximum Gasteiger partial charge on any atom is 0.408 e. The lowest BCUT2D eigenvalue weighted by Crippen LogP contribution is -2.30. The number of alkyl carbamates (subject to hydrolysis) is 1. The van der Waals surface area contributed by atoms with Gasteiger partial charge in [-0.25, -0.2) is 4.79 Å². The molecule has 30 heavy (non-hydrogen) atoms. The van der Waals surface area contributed by atoms with Crippen LogP contribution in [0.15, 0.2) is 95.4 Å². The summed E-state index contributed by atoms with van der Waals surface area (Å²) in [6.45, 7) is 0.184. The van der Waals surface area contributed by atoms with Crippen LogP contribution in [-0.2, 0) is 17.8 Å². The van der Waals surface area contributed by atoms with Gasteiger partial charge in [0.1, 0.15) is 12.6 Å². The second-order valence-corrected chi connectivity index (χ2v) is 6.76. The fourth-order valence-corrected chi connectivity index (χ4v) is 3.03. The van der Waals surface area contributed by atoms with E-state index in [0.717, 1.165) is 16.7 Å². The Hall–Kier alpha value is -3.93. The first-order valence-electron chi connectivity index (χ1n) is 9.68. The van der Waals surface area contributed by atoms with E-state index in [0.29, 0.717) is 18.2 Å². The van der Waals surface area contributed by atoms with Crippen LogP contribution in [0.5, 0.6) is 0 Å². The molecule has 1 aromatic heterocycles. The average Bonchev–Trinajstić information content (AvgIpc) is 3.30. The van der Waals surface area contributed by atoms with E-state index in [1.54, 1.807) is 0 Å². The van der Waals surface area contributed by atoms with Crippen molar-refractivity contribution < 1.29 is 13.9 Å². The Morgan fingerprint density at radius 1 is 0.833 bits per heavy atom. The van der Waals surface area contributed by atoms with Crippen LogP contribution >= 0.6 is 0 Å². The molecule has 6 nitrogen and oxygen atoms in total. The highest BCUT2D eigenvalue weighted by Gasteiger charge is 2.23. The number of benzene rings is 3. The monoisotopic (exact) mass is 399 g/mol. The van der Waals surface area contributed by atoms with Gasteiger partial charge in [0.15, 0.2) is 0 Å². The molecule has 0 unspecified atom stereocenters. The van der Waals surface area contributed by atoms with Crippen molar-refractivity contribution in [1.29, 1.82) is 0 Å². The maximum absolute atomic E-state index is 12.4. The van der Waals surface area contributed by atoms with Crippen molar-refractivity contribution in [3.8, 4) is 11.5 Å². The smallest absolute Gasteiger partial charge is 0.408 e. The van der Waals surface area contributed by atoms with Gasteiger partial charge in [0.2, 0.25) is 11.8 Å². The summed E-state index contributed by atoms with van der Waals surface area (Å²) in [6, 6.07) is 28.3. The quantitative estimate of drug-likeness (QED) is 0.476. The fourth-order valence-electron chi connectivity index (χ4n) is 3.03. The molecule has 0 spiro atoms. The van der Waals surface area contributed by atoms with Crippen molar-refractivity contribution in [2.24, 2.45) is 0 Å². The molecule has 0 saturated carbocycles. The summed E-state index contributed by atoms with van der Waals surface area (Å²) in [7, 11) is 0. The summed E-state index contributed by atoms with van der Waals surface area (Å²) in [6.07, 6.45) is -0.0446. The van der Waals surface area contributed by atoms with Gasteiger partial charge in [-0.05, 0) is 23.3 Å². The molecule has 0 saturated heterocycles. The number of ether oxygens (including phenoxy) is 1. The molecule has 4 aromatic rings. The van der Waals surface area contributed by atoms with Crippen molar-refractivity contribution in [1.82, 2.24) is 15.5 Å². The molecule has 1 heterocycles. The molecule has 3 aromatic carbocycles. The SMILES string of the molecule is O=C(N[C@@H](Cc1ccccc1)c1nnc(-c2ccccc2)o1)OCc1ccccc1. The molecule has 1 N–H and O–H groups in total. The van der Waals surface area contributed by atoms with Crippen LogP contribution in [0, 0.1) is 0 Å². The summed E-state index contributed by atoms with van der Waals surface area (Å²) in [5.74, 6) is 0.734. The molecule has 0 aliphatic carbocycles. The predicted octanol–water partition coefficient (Wildman–Crippen LogP) is 4.95. The molecular formula is C24H21N3O3. The van der Waals surface area contributed by atoms with Crippen LogP contribution in [-0.4, -0.2) is 16.3 Å². The van der Waals surface area contributed by atoms with Gasteiger partial charge in [-0.3, -0.25) is 0 Å². The fraction of sp³-hybridized carbons (Fsp3) is 0.125. The van der Waals surface area contributed by atoms with Gasteiger partial charge in [0.05, 0.1) is 0 Å². The number of nitrogens with zero attached hydrogens (tertiary/aromatic N) is 2. The van der Waals surface area contributed by atoms with Crippen LogP contribution in [0.3, 0.4) is 0 Å². The number of aromatic nitrogens is 2. The average molecular weight is 399 g/mol. The van der Waals surface area contributed by atoms with E-state index in [4.69, 9.17) is 9.15 Å². The zero-order valence-electron chi connectivity index (χ0n) is 16.3. The summed E-state index contributed by atoms with van der Waals surface area (Å²) >= 11 is 0. The minimum absolute atomic E-state index is 0.184. The van der Waals surface area contributed by atoms with Crippen LogP contribution in [0.2, 0.25) is 0 Å². The Kier molecular flexibility index (Phi) is 6.15. The summed E-state index contributed by atoms with van der Waals surface area (Å²) in [5.41, 5.74) is 2.77. The lowest BCUT2D eigenvalue weighted by atomic mass is 10.1. The van der Waals surface area contributed by atoms with E-state index < -0.39 is 12.1 Å². The molecule has 1 amide bonds. The summed E-state index contributed by atoms with van der Waals surface area (Å²) < 4.78 is 11.2. The number of rotatable bonds is 7. The molecule has 150 valence electrons. The topological polar surface area (TPSA) is 77.3 Å². The van der Waals surface area contributed by atoms with Crippen molar-refractivity contribution in [3.63, 3.8) is 0 Å². The largest absolute Gasteiger partial charge is 0.445 e. The van der Waals surface area contributed by atoms with Crippen LogP contribution < -0.4 is 5.32 Å². The second kappa shape index (κ2) is 9.52. The number of nitrogens with one attached hydrogen (secondary N) is 1. The number of carbonyl (C=O) groups is 1. The second-order valence-electron chi connectivity index (χ2n) is 6.76. The Bertz CT molecular complexity index is 1070. The van der Waals surface area contributed by atoms with Gasteiger partial charge in [-0.15, -0.1) is 10.2 Å². The highest BCUT2D eigenvalue weighted by Crippen LogP contribution is 2.23. The highest BCUT2D eigenvalue weighted by molar-refractivity contribution is 5.67. The van der Waals surface area contributed by atoms with Crippen LogP contribution in [0.4, 0.5) is 4.79 Å². The molecule has 4 rings (SSSR count). The van der Waals surface area contributed by atoms with Crippen molar-refractivity contribution in [3.05, 3.63) is 108 Å². The minimum atomic E-state index is -0.542. The number of amides is 1. The summed E-state index contributed by atoms with van der Waals surface area (Å²) in [5, 5.41) is 11.2. The number of hydrogen-bond donors (Lipinski definition) is 1. The Morgan fingerprint density at radius 2 is 1.43 bits per heavy atom. The lowest BCUT2D eigenvalue weighted by molar-refractivity contribution is 0.134. The van der Waals surface area contributed by atoms with Gasteiger partial charge in [0.25, 0.3) is 0 Å². The first kappa shape index (κ1) is 19.4. The molecule has 0 aliphatic heterocycles. The molecule has 0 aliphatic rings. The van der Waals surface area contributed by atoms with E-state index in [-0.39, 0.29) is 6.61 Å². The number of hydrogen-bond acceptors (Lipinski definition) is 5. The Balaban J connectivity index is 1.49. The van der Waals surface area contributed by atoms with Gasteiger partial charge in [0, 0.05) is 12.0 Å². The first-order valence-corrected chi connectivity index (χ1v) is 9.68. The Labute approximate surface area is 174 Å². The van der Waals surface area contributed by atoms with E-state index in [1.807, 2.05) is 91.0 Å². The van der Waals surface area contributed by atoms with Crippen LogP contribution in [0.1, 0.15) is 23.1 Å².